The third kappa shape index (κ3) is 2.65. The van der Waals surface area contributed by atoms with E-state index in [0.29, 0.717) is 4.68 Å². The summed E-state index contributed by atoms with van der Waals surface area (Å²) in [4.78, 5) is 14.6. The standard InChI is InChI=1S/C11H8F5N3O3/c1-2-21-8(20)7-17-9(10(12,13)11(14,15)16)18-19(7)6-4-3-5-22-6/h3-5H,2H2,1H3. The van der Waals surface area contributed by atoms with Crippen LogP contribution >= 0.6 is 0 Å². The fraction of sp³-hybridized carbons (Fsp3) is 0.364. The fourth-order valence-corrected chi connectivity index (χ4v) is 1.44. The maximum absolute atomic E-state index is 13.3. The monoisotopic (exact) mass is 325 g/mol. The van der Waals surface area contributed by atoms with E-state index in [2.05, 4.69) is 14.8 Å². The minimum absolute atomic E-state index is 0.130. The fourth-order valence-electron chi connectivity index (χ4n) is 1.44. The van der Waals surface area contributed by atoms with Crippen molar-refractivity contribution in [3.63, 3.8) is 0 Å². The van der Waals surface area contributed by atoms with Crippen LogP contribution in [0.2, 0.25) is 0 Å². The van der Waals surface area contributed by atoms with E-state index in [-0.39, 0.29) is 12.5 Å². The van der Waals surface area contributed by atoms with Gasteiger partial charge in [-0.3, -0.25) is 0 Å². The molecule has 0 aliphatic heterocycles. The van der Waals surface area contributed by atoms with Gasteiger partial charge >= 0.3 is 18.1 Å². The molecule has 0 spiro atoms. The summed E-state index contributed by atoms with van der Waals surface area (Å²) in [6.45, 7) is 1.30. The molecular formula is C11H8F5N3O3. The van der Waals surface area contributed by atoms with Crippen molar-refractivity contribution in [1.82, 2.24) is 14.8 Å². The summed E-state index contributed by atoms with van der Waals surface area (Å²) >= 11 is 0. The predicted molar refractivity (Wildman–Crippen MR) is 59.5 cm³/mol. The highest BCUT2D eigenvalue weighted by Crippen LogP contribution is 2.42. The van der Waals surface area contributed by atoms with Crippen molar-refractivity contribution in [3.8, 4) is 5.88 Å². The second-order valence-corrected chi connectivity index (χ2v) is 3.91. The molecule has 0 bridgehead atoms. The van der Waals surface area contributed by atoms with E-state index in [1.165, 1.54) is 19.1 Å². The topological polar surface area (TPSA) is 70.2 Å². The Morgan fingerprint density at radius 3 is 2.55 bits per heavy atom. The summed E-state index contributed by atoms with van der Waals surface area (Å²) in [6.07, 6.45) is -4.79. The van der Waals surface area contributed by atoms with Crippen LogP contribution in [0.15, 0.2) is 22.8 Å². The molecule has 2 aromatic heterocycles. The van der Waals surface area contributed by atoms with Crippen LogP contribution in [0.4, 0.5) is 22.0 Å². The molecule has 0 aromatic carbocycles. The van der Waals surface area contributed by atoms with E-state index in [0.717, 1.165) is 6.26 Å². The number of ether oxygens (including phenoxy) is 1. The lowest BCUT2D eigenvalue weighted by Gasteiger charge is -2.15. The molecule has 2 rings (SSSR count). The maximum atomic E-state index is 13.3. The van der Waals surface area contributed by atoms with Crippen LogP contribution in [-0.2, 0) is 10.7 Å². The number of alkyl halides is 5. The zero-order valence-corrected chi connectivity index (χ0v) is 10.9. The lowest BCUT2D eigenvalue weighted by Crippen LogP contribution is -2.35. The highest BCUT2D eigenvalue weighted by atomic mass is 19.4. The van der Waals surface area contributed by atoms with E-state index in [1.807, 2.05) is 0 Å². The minimum atomic E-state index is -5.91. The van der Waals surface area contributed by atoms with Gasteiger partial charge in [-0.15, -0.1) is 5.10 Å². The lowest BCUT2D eigenvalue weighted by atomic mass is 10.3. The molecule has 0 unspecified atom stereocenters. The van der Waals surface area contributed by atoms with Crippen molar-refractivity contribution >= 4 is 5.97 Å². The maximum Gasteiger partial charge on any atom is 0.461 e. The molecule has 2 heterocycles. The van der Waals surface area contributed by atoms with E-state index >= 15 is 0 Å². The highest BCUT2D eigenvalue weighted by Gasteiger charge is 2.62. The zero-order valence-electron chi connectivity index (χ0n) is 10.9. The van der Waals surface area contributed by atoms with Gasteiger partial charge in [0.1, 0.15) is 0 Å². The summed E-state index contributed by atoms with van der Waals surface area (Å²) < 4.78 is 73.5. The Morgan fingerprint density at radius 2 is 2.05 bits per heavy atom. The summed E-state index contributed by atoms with van der Waals surface area (Å²) in [5.41, 5.74) is 0. The van der Waals surface area contributed by atoms with Crippen LogP contribution in [-0.4, -0.2) is 33.5 Å². The van der Waals surface area contributed by atoms with Gasteiger partial charge in [-0.05, 0) is 13.0 Å². The molecule has 6 nitrogen and oxygen atoms in total. The Morgan fingerprint density at radius 1 is 1.36 bits per heavy atom. The van der Waals surface area contributed by atoms with Gasteiger partial charge in [0.15, 0.2) is 0 Å². The Balaban J connectivity index is 2.56. The van der Waals surface area contributed by atoms with Crippen LogP contribution < -0.4 is 0 Å². The zero-order chi connectivity index (χ0) is 16.5. The van der Waals surface area contributed by atoms with Crippen LogP contribution in [0.25, 0.3) is 5.88 Å². The van der Waals surface area contributed by atoms with E-state index in [4.69, 9.17) is 4.42 Å². The number of rotatable bonds is 4. The average Bonchev–Trinajstić information content (AvgIpc) is 3.06. The molecule has 0 saturated carbocycles. The first-order chi connectivity index (χ1) is 10.2. The lowest BCUT2D eigenvalue weighted by molar-refractivity contribution is -0.292. The quantitative estimate of drug-likeness (QED) is 0.638. The number of halogens is 5. The predicted octanol–water partition coefficient (Wildman–Crippen LogP) is 2.69. The molecule has 0 fully saturated rings. The molecule has 0 radical (unpaired) electrons. The molecule has 120 valence electrons. The first kappa shape index (κ1) is 15.9. The third-order valence-corrected chi connectivity index (χ3v) is 2.42. The molecule has 0 amide bonds. The van der Waals surface area contributed by atoms with Crippen molar-refractivity contribution in [2.24, 2.45) is 0 Å². The Hall–Kier alpha value is -2.46. The minimum Gasteiger partial charge on any atom is -0.460 e. The summed E-state index contributed by atoms with van der Waals surface area (Å²) in [5, 5.41) is 3.04. The van der Waals surface area contributed by atoms with Crippen LogP contribution in [0.5, 0.6) is 0 Å². The second kappa shape index (κ2) is 5.39. The van der Waals surface area contributed by atoms with Gasteiger partial charge in [0.25, 0.3) is 0 Å². The number of esters is 1. The number of hydrogen-bond donors (Lipinski definition) is 0. The second-order valence-electron chi connectivity index (χ2n) is 3.91. The molecule has 22 heavy (non-hydrogen) atoms. The van der Waals surface area contributed by atoms with Crippen molar-refractivity contribution in [2.45, 2.75) is 19.0 Å². The Labute approximate surface area is 119 Å². The van der Waals surface area contributed by atoms with Gasteiger partial charge in [0.05, 0.1) is 12.9 Å². The molecule has 0 atom stereocenters. The molecule has 0 aliphatic carbocycles. The van der Waals surface area contributed by atoms with E-state index < -0.39 is 29.7 Å². The smallest absolute Gasteiger partial charge is 0.460 e. The molecule has 0 N–H and O–H groups in total. The SMILES string of the molecule is CCOC(=O)c1nc(C(F)(F)C(F)(F)F)nn1-c1ccco1. The number of hydrogen-bond acceptors (Lipinski definition) is 5. The van der Waals surface area contributed by atoms with Gasteiger partial charge in [-0.2, -0.15) is 31.6 Å². The number of aromatic nitrogens is 3. The summed E-state index contributed by atoms with van der Waals surface area (Å²) in [5.74, 6) is -9.53. The molecule has 0 aliphatic rings. The van der Waals surface area contributed by atoms with Crippen molar-refractivity contribution < 1.29 is 35.9 Å². The van der Waals surface area contributed by atoms with Gasteiger partial charge in [-0.25, -0.2) is 4.79 Å². The van der Waals surface area contributed by atoms with E-state index in [9.17, 15) is 26.7 Å². The van der Waals surface area contributed by atoms with E-state index in [1.54, 1.807) is 0 Å². The molecule has 2 aromatic rings. The summed E-state index contributed by atoms with van der Waals surface area (Å²) in [7, 11) is 0. The first-order valence-corrected chi connectivity index (χ1v) is 5.81. The first-order valence-electron chi connectivity index (χ1n) is 5.81. The van der Waals surface area contributed by atoms with Crippen molar-refractivity contribution in [1.29, 1.82) is 0 Å². The summed E-state index contributed by atoms with van der Waals surface area (Å²) in [6, 6.07) is 2.53. The van der Waals surface area contributed by atoms with Crippen molar-refractivity contribution in [2.75, 3.05) is 6.61 Å². The molecular weight excluding hydrogens is 317 g/mol. The van der Waals surface area contributed by atoms with Gasteiger partial charge < -0.3 is 9.15 Å². The number of carbonyl (C=O) groups is 1. The molecule has 11 heteroatoms. The van der Waals surface area contributed by atoms with Crippen molar-refractivity contribution in [3.05, 3.63) is 30.0 Å². The highest BCUT2D eigenvalue weighted by molar-refractivity contribution is 5.86. The molecule has 0 saturated heterocycles. The average molecular weight is 325 g/mol. The van der Waals surface area contributed by atoms with Crippen LogP contribution in [0.1, 0.15) is 23.4 Å². The third-order valence-electron chi connectivity index (χ3n) is 2.42. The van der Waals surface area contributed by atoms with Gasteiger partial charge in [-0.1, -0.05) is 0 Å². The van der Waals surface area contributed by atoms with Gasteiger partial charge in [0, 0.05) is 6.07 Å². The number of nitrogens with zero attached hydrogens (tertiary/aromatic N) is 3. The van der Waals surface area contributed by atoms with Crippen LogP contribution in [0, 0.1) is 0 Å². The van der Waals surface area contributed by atoms with Gasteiger partial charge in [0.2, 0.25) is 17.5 Å². The normalized spacial score (nSPS) is 12.5. The number of carbonyl (C=O) groups excluding carboxylic acids is 1. The largest absolute Gasteiger partial charge is 0.461 e. The van der Waals surface area contributed by atoms with Crippen LogP contribution in [0.3, 0.4) is 0 Å². The number of furan rings is 1. The Kier molecular flexibility index (Phi) is 3.90. The Bertz CT molecular complexity index is 663.